The summed E-state index contributed by atoms with van der Waals surface area (Å²) in [6.45, 7) is 0.168. The van der Waals surface area contributed by atoms with Crippen molar-refractivity contribution in [2.75, 3.05) is 13.7 Å². The van der Waals surface area contributed by atoms with Crippen LogP contribution >= 0.6 is 0 Å². The zero-order chi connectivity index (χ0) is 23.4. The lowest BCUT2D eigenvalue weighted by atomic mass is 9.95. The second-order valence-corrected chi connectivity index (χ2v) is 8.11. The molecule has 2 aliphatic heterocycles. The monoisotopic (exact) mass is 459 g/mol. The first-order valence-corrected chi connectivity index (χ1v) is 10.4. The van der Waals surface area contributed by atoms with Crippen molar-refractivity contribution in [2.45, 2.75) is 12.1 Å². The summed E-state index contributed by atoms with van der Waals surface area (Å²) in [7, 11) is 1.53. The van der Waals surface area contributed by atoms with Gasteiger partial charge in [-0.15, -0.1) is 10.2 Å². The van der Waals surface area contributed by atoms with Crippen molar-refractivity contribution in [3.63, 3.8) is 0 Å². The third kappa shape index (κ3) is 2.94. The Balaban J connectivity index is 1.39. The van der Waals surface area contributed by atoms with Crippen molar-refractivity contribution in [1.29, 1.82) is 0 Å². The van der Waals surface area contributed by atoms with Gasteiger partial charge in [0.05, 0.1) is 13.7 Å². The molecule has 11 nitrogen and oxygen atoms in total. The highest BCUT2D eigenvalue weighted by Crippen LogP contribution is 2.36. The molecule has 0 aliphatic carbocycles. The molecule has 4 heterocycles. The number of imide groups is 1. The Labute approximate surface area is 191 Å². The summed E-state index contributed by atoms with van der Waals surface area (Å²) < 4.78 is 16.5. The minimum Gasteiger partial charge on any atom is -0.497 e. The smallest absolute Gasteiger partial charge is 0.322 e. The maximum atomic E-state index is 13.1. The molecule has 4 amide bonds. The van der Waals surface area contributed by atoms with Crippen molar-refractivity contribution in [1.82, 2.24) is 25.7 Å². The third-order valence-electron chi connectivity index (χ3n) is 6.11. The van der Waals surface area contributed by atoms with Crippen LogP contribution in [0.25, 0.3) is 22.4 Å². The lowest BCUT2D eigenvalue weighted by Gasteiger charge is -2.29. The maximum absolute atomic E-state index is 13.1. The van der Waals surface area contributed by atoms with Crippen LogP contribution in [0.15, 0.2) is 57.7 Å². The van der Waals surface area contributed by atoms with Crippen LogP contribution in [0, 0.1) is 0 Å². The van der Waals surface area contributed by atoms with Crippen molar-refractivity contribution in [3.05, 3.63) is 65.7 Å². The number of nitrogens with zero attached hydrogens (tertiary/aromatic N) is 3. The number of methoxy groups -OCH3 is 1. The van der Waals surface area contributed by atoms with Crippen molar-refractivity contribution in [2.24, 2.45) is 0 Å². The third-order valence-corrected chi connectivity index (χ3v) is 6.11. The Morgan fingerprint density at radius 3 is 2.76 bits per heavy atom. The Hall–Kier alpha value is -4.67. The van der Waals surface area contributed by atoms with Crippen LogP contribution in [0.3, 0.4) is 0 Å². The van der Waals surface area contributed by atoms with Crippen LogP contribution in [-0.2, 0) is 16.9 Å². The van der Waals surface area contributed by atoms with Gasteiger partial charge in [0.2, 0.25) is 12.3 Å². The van der Waals surface area contributed by atoms with E-state index in [1.54, 1.807) is 36.4 Å². The molecule has 1 fully saturated rings. The van der Waals surface area contributed by atoms with E-state index in [0.717, 1.165) is 5.56 Å². The number of aromatic nitrogens is 2. The van der Waals surface area contributed by atoms with Gasteiger partial charge < -0.3 is 23.8 Å². The molecule has 2 N–H and O–H groups in total. The fourth-order valence-corrected chi connectivity index (χ4v) is 4.41. The van der Waals surface area contributed by atoms with Crippen LogP contribution < -0.4 is 15.4 Å². The highest BCUT2D eigenvalue weighted by Gasteiger charge is 2.53. The second-order valence-electron chi connectivity index (χ2n) is 8.11. The number of urea groups is 1. The quantitative estimate of drug-likeness (QED) is 0.433. The second kappa shape index (κ2) is 7.17. The highest BCUT2D eigenvalue weighted by atomic mass is 16.5. The van der Waals surface area contributed by atoms with Gasteiger partial charge in [-0.1, -0.05) is 12.1 Å². The van der Waals surface area contributed by atoms with E-state index in [1.165, 1.54) is 18.4 Å². The summed E-state index contributed by atoms with van der Waals surface area (Å²) in [5.74, 6) is 0.212. The zero-order valence-electron chi connectivity index (χ0n) is 17.8. The Bertz CT molecular complexity index is 1480. The minimum absolute atomic E-state index is 0.114. The number of hydrogen-bond acceptors (Lipinski definition) is 8. The predicted molar refractivity (Wildman–Crippen MR) is 116 cm³/mol. The molecule has 2 aliphatic rings. The molecular formula is C23H17N5O6. The number of ether oxygens (including phenoxy) is 1. The number of nitrogens with one attached hydrogen (secondary N) is 2. The number of furan rings is 1. The number of fused-ring (bicyclic) bond motifs is 2. The zero-order valence-corrected chi connectivity index (χ0v) is 17.8. The van der Waals surface area contributed by atoms with Gasteiger partial charge >= 0.3 is 6.03 Å². The van der Waals surface area contributed by atoms with Gasteiger partial charge in [-0.25, -0.2) is 4.79 Å². The largest absolute Gasteiger partial charge is 0.497 e. The number of hydrogen-bond donors (Lipinski definition) is 2. The van der Waals surface area contributed by atoms with E-state index in [1.807, 2.05) is 6.07 Å². The molecular weight excluding hydrogens is 442 g/mol. The first-order valence-electron chi connectivity index (χ1n) is 10.4. The normalized spacial score (nSPS) is 19.4. The van der Waals surface area contributed by atoms with E-state index < -0.39 is 17.5 Å². The molecule has 34 heavy (non-hydrogen) atoms. The number of benzene rings is 2. The van der Waals surface area contributed by atoms with Gasteiger partial charge in [0, 0.05) is 23.1 Å². The molecule has 0 saturated carbocycles. The Morgan fingerprint density at radius 2 is 2.03 bits per heavy atom. The fourth-order valence-electron chi connectivity index (χ4n) is 4.41. The predicted octanol–water partition coefficient (Wildman–Crippen LogP) is 2.18. The molecule has 1 atom stereocenters. The van der Waals surface area contributed by atoms with Crippen molar-refractivity contribution < 1.29 is 28.0 Å². The molecule has 0 unspecified atom stereocenters. The van der Waals surface area contributed by atoms with E-state index in [9.17, 15) is 14.4 Å². The summed E-state index contributed by atoms with van der Waals surface area (Å²) >= 11 is 0. The number of carbonyl (C=O) groups is 3. The van der Waals surface area contributed by atoms with Crippen LogP contribution in [0.1, 0.15) is 21.7 Å². The van der Waals surface area contributed by atoms with Gasteiger partial charge in [0.25, 0.3) is 11.8 Å². The molecule has 0 spiro atoms. The van der Waals surface area contributed by atoms with Crippen LogP contribution in [0.5, 0.6) is 5.75 Å². The van der Waals surface area contributed by atoms with Crippen LogP contribution in [0.2, 0.25) is 0 Å². The molecule has 4 aromatic rings. The fraction of sp³-hybridized carbons (Fsp3) is 0.174. The van der Waals surface area contributed by atoms with Gasteiger partial charge in [0.15, 0.2) is 5.54 Å². The van der Waals surface area contributed by atoms with Crippen LogP contribution in [-0.4, -0.2) is 46.6 Å². The maximum Gasteiger partial charge on any atom is 0.322 e. The highest BCUT2D eigenvalue weighted by molar-refractivity contribution is 6.08. The van der Waals surface area contributed by atoms with Gasteiger partial charge in [-0.3, -0.25) is 14.9 Å². The van der Waals surface area contributed by atoms with Gasteiger partial charge in [0.1, 0.15) is 17.1 Å². The molecule has 0 radical (unpaired) electrons. The topological polar surface area (TPSA) is 140 Å². The summed E-state index contributed by atoms with van der Waals surface area (Å²) in [4.78, 5) is 39.9. The van der Waals surface area contributed by atoms with Crippen LogP contribution in [0.4, 0.5) is 4.79 Å². The lowest BCUT2D eigenvalue weighted by molar-refractivity contribution is -0.125. The molecule has 170 valence electrons. The number of carbonyl (C=O) groups excluding carboxylic acids is 3. The molecule has 1 saturated heterocycles. The summed E-state index contributed by atoms with van der Waals surface area (Å²) in [5, 5.41) is 13.2. The molecule has 6 rings (SSSR count). The summed E-state index contributed by atoms with van der Waals surface area (Å²) in [6, 6.07) is 11.5. The van der Waals surface area contributed by atoms with Gasteiger partial charge in [-0.2, -0.15) is 0 Å². The lowest BCUT2D eigenvalue weighted by Crippen LogP contribution is -2.52. The first kappa shape index (κ1) is 20.0. The summed E-state index contributed by atoms with van der Waals surface area (Å²) in [6.07, 6.45) is 1.22. The van der Waals surface area contributed by atoms with Gasteiger partial charge in [-0.05, 0) is 35.9 Å². The van der Waals surface area contributed by atoms with E-state index in [-0.39, 0.29) is 24.8 Å². The number of rotatable bonds is 5. The van der Waals surface area contributed by atoms with E-state index in [4.69, 9.17) is 13.6 Å². The SMILES string of the molecule is COc1ccc2c(c1)C(=O)N(C[C@@]1(c3cc4ccc(-c5nnco5)cc4o3)NC(=O)NC1=O)C2. The Kier molecular flexibility index (Phi) is 4.21. The molecule has 2 aromatic carbocycles. The van der Waals surface area contributed by atoms with E-state index in [2.05, 4.69) is 20.8 Å². The van der Waals surface area contributed by atoms with E-state index >= 15 is 0 Å². The van der Waals surface area contributed by atoms with E-state index in [0.29, 0.717) is 33.7 Å². The first-order chi connectivity index (χ1) is 16.5. The Morgan fingerprint density at radius 1 is 1.15 bits per heavy atom. The number of amides is 4. The average Bonchev–Trinajstić information content (AvgIpc) is 3.61. The average molecular weight is 459 g/mol. The van der Waals surface area contributed by atoms with Crippen molar-refractivity contribution >= 4 is 28.8 Å². The minimum atomic E-state index is -1.59. The standard InChI is InChI=1S/C23H17N5O6/c1-32-15-5-4-14-9-28(20(29)16(14)8-15)10-23(21(30)25-22(31)26-23)18-7-12-2-3-13(6-17(12)34-18)19-27-24-11-33-19/h2-8,11H,9-10H2,1H3,(H2,25,26,30,31)/t23-/m0/s1. The molecule has 11 heteroatoms. The molecule has 0 bridgehead atoms. The molecule has 2 aromatic heterocycles. The summed E-state index contributed by atoms with van der Waals surface area (Å²) in [5.41, 5.74) is 0.800. The van der Waals surface area contributed by atoms with Crippen molar-refractivity contribution in [3.8, 4) is 17.2 Å².